The molecule has 78 valence electrons. The topological polar surface area (TPSA) is 33.1 Å². The average Bonchev–Trinajstić information content (AvgIpc) is 2.83. The molecule has 0 saturated heterocycles. The number of phenols is 1. The number of para-hydroxylation sites is 1. The predicted octanol–water partition coefficient (Wildman–Crippen LogP) is 3.67. The molecule has 2 nitrogen and oxygen atoms in total. The Labute approximate surface area is 96.8 Å². The highest BCUT2D eigenvalue weighted by atomic mass is 32.1. The molecule has 1 N–H and O–H groups in total. The van der Waals surface area contributed by atoms with Crippen LogP contribution in [0.25, 0.3) is 21.5 Å². The quantitative estimate of drug-likeness (QED) is 0.688. The molecule has 0 atom stereocenters. The average molecular weight is 227 g/mol. The molecule has 0 aliphatic carbocycles. The first-order valence-electron chi connectivity index (χ1n) is 4.97. The van der Waals surface area contributed by atoms with Crippen LogP contribution in [0.1, 0.15) is 0 Å². The Morgan fingerprint density at radius 3 is 2.75 bits per heavy atom. The van der Waals surface area contributed by atoms with E-state index in [9.17, 15) is 5.11 Å². The molecule has 0 aliphatic rings. The van der Waals surface area contributed by atoms with E-state index < -0.39 is 0 Å². The normalized spacial score (nSPS) is 10.8. The van der Waals surface area contributed by atoms with Gasteiger partial charge in [0.05, 0.1) is 10.6 Å². The van der Waals surface area contributed by atoms with Gasteiger partial charge in [-0.05, 0) is 23.6 Å². The summed E-state index contributed by atoms with van der Waals surface area (Å²) in [6.07, 6.45) is 0. The van der Waals surface area contributed by atoms with Gasteiger partial charge in [0, 0.05) is 5.39 Å². The van der Waals surface area contributed by atoms with Gasteiger partial charge in [-0.3, -0.25) is 0 Å². The lowest BCUT2D eigenvalue weighted by molar-refractivity contribution is 0.480. The number of aromatic nitrogens is 1. The van der Waals surface area contributed by atoms with Gasteiger partial charge in [-0.15, -0.1) is 11.3 Å². The Bertz CT molecular complexity index is 631. The van der Waals surface area contributed by atoms with E-state index in [0.29, 0.717) is 5.52 Å². The number of rotatable bonds is 1. The van der Waals surface area contributed by atoms with E-state index in [1.165, 1.54) is 0 Å². The maximum atomic E-state index is 9.73. The molecule has 16 heavy (non-hydrogen) atoms. The monoisotopic (exact) mass is 227 g/mol. The number of benzene rings is 1. The summed E-state index contributed by atoms with van der Waals surface area (Å²) in [4.78, 5) is 5.59. The van der Waals surface area contributed by atoms with Gasteiger partial charge < -0.3 is 5.11 Å². The van der Waals surface area contributed by atoms with E-state index in [0.717, 1.165) is 16.0 Å². The van der Waals surface area contributed by atoms with Crippen LogP contribution in [0.2, 0.25) is 0 Å². The van der Waals surface area contributed by atoms with Crippen LogP contribution in [0.15, 0.2) is 47.8 Å². The summed E-state index contributed by atoms with van der Waals surface area (Å²) < 4.78 is 0. The van der Waals surface area contributed by atoms with Crippen LogP contribution < -0.4 is 0 Å². The highest BCUT2D eigenvalue weighted by Gasteiger charge is 2.04. The zero-order valence-electron chi connectivity index (χ0n) is 8.42. The van der Waals surface area contributed by atoms with Crippen molar-refractivity contribution in [2.24, 2.45) is 0 Å². The number of pyridine rings is 1. The minimum Gasteiger partial charge on any atom is -0.506 e. The lowest BCUT2D eigenvalue weighted by atomic mass is 10.2. The minimum absolute atomic E-state index is 0.232. The first kappa shape index (κ1) is 9.36. The fourth-order valence-electron chi connectivity index (χ4n) is 1.69. The lowest BCUT2D eigenvalue weighted by Gasteiger charge is -2.02. The van der Waals surface area contributed by atoms with Crippen LogP contribution in [0.4, 0.5) is 0 Å². The number of thiophene rings is 1. The van der Waals surface area contributed by atoms with E-state index in [1.54, 1.807) is 17.4 Å². The van der Waals surface area contributed by atoms with Gasteiger partial charge in [0.25, 0.3) is 0 Å². The van der Waals surface area contributed by atoms with Crippen molar-refractivity contribution in [3.8, 4) is 16.3 Å². The van der Waals surface area contributed by atoms with Crippen molar-refractivity contribution >= 4 is 22.2 Å². The first-order chi connectivity index (χ1) is 7.84. The summed E-state index contributed by atoms with van der Waals surface area (Å²) in [7, 11) is 0. The fourth-order valence-corrected chi connectivity index (χ4v) is 2.39. The molecule has 1 aromatic carbocycles. The second kappa shape index (κ2) is 3.61. The van der Waals surface area contributed by atoms with E-state index in [1.807, 2.05) is 41.8 Å². The van der Waals surface area contributed by atoms with Crippen molar-refractivity contribution < 1.29 is 5.11 Å². The minimum atomic E-state index is 0.232. The number of hydrogen-bond donors (Lipinski definition) is 1. The van der Waals surface area contributed by atoms with Crippen molar-refractivity contribution in [2.45, 2.75) is 0 Å². The van der Waals surface area contributed by atoms with Crippen LogP contribution in [-0.4, -0.2) is 10.1 Å². The molecule has 0 unspecified atom stereocenters. The van der Waals surface area contributed by atoms with Crippen LogP contribution in [0.5, 0.6) is 5.75 Å². The number of hydrogen-bond acceptors (Lipinski definition) is 3. The van der Waals surface area contributed by atoms with Crippen LogP contribution in [0, 0.1) is 0 Å². The summed E-state index contributed by atoms with van der Waals surface area (Å²) in [6, 6.07) is 13.4. The highest BCUT2D eigenvalue weighted by Crippen LogP contribution is 2.28. The maximum Gasteiger partial charge on any atom is 0.141 e. The largest absolute Gasteiger partial charge is 0.506 e. The van der Waals surface area contributed by atoms with Crippen molar-refractivity contribution in [3.63, 3.8) is 0 Å². The Balaban J connectivity index is 2.27. The third kappa shape index (κ3) is 1.46. The van der Waals surface area contributed by atoms with Gasteiger partial charge >= 0.3 is 0 Å². The summed E-state index contributed by atoms with van der Waals surface area (Å²) >= 11 is 1.65. The summed E-state index contributed by atoms with van der Waals surface area (Å²) in [5.74, 6) is 0.232. The molecule has 0 amide bonds. The lowest BCUT2D eigenvalue weighted by Crippen LogP contribution is -1.83. The highest BCUT2D eigenvalue weighted by molar-refractivity contribution is 7.13. The van der Waals surface area contributed by atoms with E-state index in [2.05, 4.69) is 4.98 Å². The van der Waals surface area contributed by atoms with E-state index in [4.69, 9.17) is 0 Å². The number of nitrogens with zero attached hydrogens (tertiary/aromatic N) is 1. The second-order valence-electron chi connectivity index (χ2n) is 3.52. The molecule has 3 rings (SSSR count). The standard InChI is InChI=1S/C13H9NOS/c15-11-4-1-3-9-6-7-10(14-13(9)11)12-5-2-8-16-12/h1-8,15H. The van der Waals surface area contributed by atoms with Gasteiger partial charge in [-0.1, -0.05) is 24.3 Å². The third-order valence-corrected chi connectivity index (χ3v) is 3.36. The maximum absolute atomic E-state index is 9.73. The molecule has 0 bridgehead atoms. The smallest absolute Gasteiger partial charge is 0.141 e. The van der Waals surface area contributed by atoms with Crippen molar-refractivity contribution in [1.82, 2.24) is 4.98 Å². The molecule has 0 fully saturated rings. The molecule has 2 aromatic heterocycles. The second-order valence-corrected chi connectivity index (χ2v) is 4.47. The Morgan fingerprint density at radius 2 is 1.94 bits per heavy atom. The summed E-state index contributed by atoms with van der Waals surface area (Å²) in [5.41, 5.74) is 1.57. The molecular formula is C13H9NOS. The molecule has 3 aromatic rings. The molecule has 2 heterocycles. The van der Waals surface area contributed by atoms with Gasteiger partial charge in [-0.25, -0.2) is 4.98 Å². The number of fused-ring (bicyclic) bond motifs is 1. The zero-order chi connectivity index (χ0) is 11.0. The van der Waals surface area contributed by atoms with Gasteiger partial charge in [0.15, 0.2) is 0 Å². The van der Waals surface area contributed by atoms with Crippen LogP contribution in [0.3, 0.4) is 0 Å². The predicted molar refractivity (Wildman–Crippen MR) is 66.7 cm³/mol. The molecular weight excluding hydrogens is 218 g/mol. The zero-order valence-corrected chi connectivity index (χ0v) is 9.24. The number of phenolic OH excluding ortho intramolecular Hbond substituents is 1. The summed E-state index contributed by atoms with van der Waals surface area (Å²) in [5, 5.41) is 12.7. The third-order valence-electron chi connectivity index (χ3n) is 2.47. The molecule has 3 heteroatoms. The fraction of sp³-hybridized carbons (Fsp3) is 0. The van der Waals surface area contributed by atoms with E-state index in [-0.39, 0.29) is 5.75 Å². The van der Waals surface area contributed by atoms with Crippen LogP contribution in [-0.2, 0) is 0 Å². The van der Waals surface area contributed by atoms with Gasteiger partial charge in [0.1, 0.15) is 11.3 Å². The Kier molecular flexibility index (Phi) is 2.11. The van der Waals surface area contributed by atoms with Gasteiger partial charge in [0.2, 0.25) is 0 Å². The molecule has 0 aliphatic heterocycles. The Morgan fingerprint density at radius 1 is 1.00 bits per heavy atom. The Hall–Kier alpha value is -1.87. The molecule has 0 radical (unpaired) electrons. The molecule has 0 saturated carbocycles. The van der Waals surface area contributed by atoms with E-state index >= 15 is 0 Å². The molecule has 0 spiro atoms. The number of aromatic hydroxyl groups is 1. The van der Waals surface area contributed by atoms with Crippen molar-refractivity contribution in [2.75, 3.05) is 0 Å². The first-order valence-corrected chi connectivity index (χ1v) is 5.85. The SMILES string of the molecule is Oc1cccc2ccc(-c3cccs3)nc12. The van der Waals surface area contributed by atoms with Crippen molar-refractivity contribution in [3.05, 3.63) is 47.8 Å². The van der Waals surface area contributed by atoms with Crippen molar-refractivity contribution in [1.29, 1.82) is 0 Å². The van der Waals surface area contributed by atoms with Gasteiger partial charge in [-0.2, -0.15) is 0 Å². The van der Waals surface area contributed by atoms with Crippen LogP contribution >= 0.6 is 11.3 Å². The summed E-state index contributed by atoms with van der Waals surface area (Å²) in [6.45, 7) is 0.